The van der Waals surface area contributed by atoms with E-state index in [0.717, 1.165) is 17.5 Å². The van der Waals surface area contributed by atoms with E-state index in [4.69, 9.17) is 0 Å². The molecule has 0 aromatic heterocycles. The number of carbonyl (C=O) groups is 1. The Balaban J connectivity index is 2.69. The van der Waals surface area contributed by atoms with E-state index in [2.05, 4.69) is 0 Å². The van der Waals surface area contributed by atoms with Gasteiger partial charge in [-0.15, -0.1) is 0 Å². The number of Topliss-reactive ketones (excluding diaryl/α,β-unsaturated/α-hetero) is 1. The van der Waals surface area contributed by atoms with Gasteiger partial charge in [0.1, 0.15) is 11.9 Å². The number of carbonyl (C=O) groups excluding carboxylic acids is 1. The molecule has 3 heteroatoms. The van der Waals surface area contributed by atoms with Crippen LogP contribution >= 0.6 is 0 Å². The van der Waals surface area contributed by atoms with Crippen molar-refractivity contribution in [1.82, 2.24) is 0 Å². The van der Waals surface area contributed by atoms with Crippen molar-refractivity contribution < 1.29 is 14.3 Å². The number of aliphatic hydroxyl groups is 1. The molecule has 0 bridgehead atoms. The second kappa shape index (κ2) is 5.75. The van der Waals surface area contributed by atoms with Crippen molar-refractivity contribution in [1.29, 1.82) is 0 Å². The molecule has 0 saturated carbocycles. The number of benzene rings is 1. The summed E-state index contributed by atoms with van der Waals surface area (Å²) in [6.07, 6.45) is 0.538. The van der Waals surface area contributed by atoms with E-state index >= 15 is 0 Å². The largest absolute Gasteiger partial charge is 0.385 e. The zero-order valence-corrected chi connectivity index (χ0v) is 9.66. The van der Waals surface area contributed by atoms with E-state index in [9.17, 15) is 14.3 Å². The van der Waals surface area contributed by atoms with Crippen LogP contribution in [0.5, 0.6) is 0 Å². The third-order valence-electron chi connectivity index (χ3n) is 2.60. The molecular formula is C13H17FO2. The molecule has 0 heterocycles. The predicted octanol–water partition coefficient (Wildman–Crippen LogP) is 2.41. The van der Waals surface area contributed by atoms with Crippen molar-refractivity contribution >= 4 is 5.78 Å². The highest BCUT2D eigenvalue weighted by Gasteiger charge is 2.15. The quantitative estimate of drug-likeness (QED) is 0.834. The van der Waals surface area contributed by atoms with Gasteiger partial charge in [-0.05, 0) is 36.6 Å². The van der Waals surface area contributed by atoms with Gasteiger partial charge in [0.15, 0.2) is 5.78 Å². The maximum atomic E-state index is 12.8. The number of hydrogen-bond acceptors (Lipinski definition) is 2. The first-order valence-electron chi connectivity index (χ1n) is 5.50. The fourth-order valence-electron chi connectivity index (χ4n) is 1.60. The zero-order chi connectivity index (χ0) is 12.1. The maximum absolute atomic E-state index is 12.8. The summed E-state index contributed by atoms with van der Waals surface area (Å²) >= 11 is 0. The third kappa shape index (κ3) is 3.42. The molecule has 0 saturated heterocycles. The molecule has 88 valence electrons. The van der Waals surface area contributed by atoms with E-state index in [1.165, 1.54) is 12.1 Å². The molecule has 1 aromatic rings. The van der Waals surface area contributed by atoms with Gasteiger partial charge < -0.3 is 5.11 Å². The molecule has 1 rings (SSSR count). The molecule has 0 radical (unpaired) electrons. The van der Waals surface area contributed by atoms with Gasteiger partial charge in [-0.1, -0.05) is 19.4 Å². The van der Waals surface area contributed by atoms with Gasteiger partial charge in [-0.3, -0.25) is 4.79 Å². The Bertz CT molecular complexity index is 374. The normalized spacial score (nSPS) is 12.5. The second-order valence-electron chi connectivity index (χ2n) is 4.02. The van der Waals surface area contributed by atoms with Crippen LogP contribution in [0.15, 0.2) is 18.2 Å². The standard InChI is InChI=1S/C13H17FO2/c1-3-4-12(15)13(16)8-10-5-6-11(14)7-9(10)2/h5-7,12,15H,3-4,8H2,1-2H3. The SMILES string of the molecule is CCCC(O)C(=O)Cc1ccc(F)cc1C. The van der Waals surface area contributed by atoms with Crippen LogP contribution in [-0.2, 0) is 11.2 Å². The monoisotopic (exact) mass is 224 g/mol. The smallest absolute Gasteiger partial charge is 0.165 e. The molecule has 2 nitrogen and oxygen atoms in total. The average Bonchev–Trinajstić information content (AvgIpc) is 2.22. The lowest BCUT2D eigenvalue weighted by molar-refractivity contribution is -0.126. The molecule has 1 atom stereocenters. The molecule has 0 aliphatic carbocycles. The molecule has 1 unspecified atom stereocenters. The van der Waals surface area contributed by atoms with E-state index in [-0.39, 0.29) is 18.0 Å². The molecule has 1 N–H and O–H groups in total. The Labute approximate surface area is 95.1 Å². The molecule has 0 aliphatic rings. The Hall–Kier alpha value is -1.22. The highest BCUT2D eigenvalue weighted by molar-refractivity contribution is 5.85. The molecule has 0 spiro atoms. The van der Waals surface area contributed by atoms with Gasteiger partial charge in [0, 0.05) is 6.42 Å². The number of aliphatic hydroxyl groups excluding tert-OH is 1. The number of aryl methyl sites for hydroxylation is 1. The lowest BCUT2D eigenvalue weighted by Gasteiger charge is -2.09. The predicted molar refractivity (Wildman–Crippen MR) is 60.8 cm³/mol. The minimum Gasteiger partial charge on any atom is -0.385 e. The maximum Gasteiger partial charge on any atom is 0.165 e. The summed E-state index contributed by atoms with van der Waals surface area (Å²) in [7, 11) is 0. The van der Waals surface area contributed by atoms with Gasteiger partial charge in [0.05, 0.1) is 0 Å². The summed E-state index contributed by atoms with van der Waals surface area (Å²) in [6.45, 7) is 3.68. The van der Waals surface area contributed by atoms with Gasteiger partial charge in [-0.25, -0.2) is 4.39 Å². The average molecular weight is 224 g/mol. The van der Waals surface area contributed by atoms with Gasteiger partial charge >= 0.3 is 0 Å². The van der Waals surface area contributed by atoms with Crippen LogP contribution < -0.4 is 0 Å². The van der Waals surface area contributed by atoms with Crippen LogP contribution in [0.4, 0.5) is 4.39 Å². The lowest BCUT2D eigenvalue weighted by Crippen LogP contribution is -2.22. The van der Waals surface area contributed by atoms with Crippen LogP contribution in [0.1, 0.15) is 30.9 Å². The number of hydrogen-bond donors (Lipinski definition) is 1. The first-order valence-corrected chi connectivity index (χ1v) is 5.50. The van der Waals surface area contributed by atoms with E-state index in [0.29, 0.717) is 6.42 Å². The van der Waals surface area contributed by atoms with Gasteiger partial charge in [0.25, 0.3) is 0 Å². The highest BCUT2D eigenvalue weighted by Crippen LogP contribution is 2.12. The summed E-state index contributed by atoms with van der Waals surface area (Å²) in [5, 5.41) is 9.50. The molecule has 0 amide bonds. The van der Waals surface area contributed by atoms with Crippen molar-refractivity contribution in [3.8, 4) is 0 Å². The highest BCUT2D eigenvalue weighted by atomic mass is 19.1. The van der Waals surface area contributed by atoms with Crippen molar-refractivity contribution in [3.05, 3.63) is 35.1 Å². The second-order valence-corrected chi connectivity index (χ2v) is 4.02. The Morgan fingerprint density at radius 1 is 1.50 bits per heavy atom. The number of rotatable bonds is 5. The Morgan fingerprint density at radius 3 is 2.75 bits per heavy atom. The minimum absolute atomic E-state index is 0.174. The van der Waals surface area contributed by atoms with Crippen molar-refractivity contribution in [2.75, 3.05) is 0 Å². The van der Waals surface area contributed by atoms with E-state index in [1.807, 2.05) is 6.92 Å². The first-order chi connectivity index (χ1) is 7.54. The summed E-state index contributed by atoms with van der Waals surface area (Å²) < 4.78 is 12.8. The van der Waals surface area contributed by atoms with E-state index in [1.54, 1.807) is 13.0 Å². The molecule has 0 aliphatic heterocycles. The molecule has 1 aromatic carbocycles. The van der Waals surface area contributed by atoms with Gasteiger partial charge in [0.2, 0.25) is 0 Å². The topological polar surface area (TPSA) is 37.3 Å². The van der Waals surface area contributed by atoms with Crippen LogP contribution in [-0.4, -0.2) is 17.0 Å². The summed E-state index contributed by atoms with van der Waals surface area (Å²) in [5.41, 5.74) is 1.53. The van der Waals surface area contributed by atoms with Crippen LogP contribution in [0, 0.1) is 12.7 Å². The molecule has 16 heavy (non-hydrogen) atoms. The van der Waals surface area contributed by atoms with Crippen molar-refractivity contribution in [2.45, 2.75) is 39.2 Å². The molecule has 0 fully saturated rings. The Morgan fingerprint density at radius 2 is 2.19 bits per heavy atom. The first kappa shape index (κ1) is 12.8. The minimum atomic E-state index is -0.894. The Kier molecular flexibility index (Phi) is 4.62. The van der Waals surface area contributed by atoms with Crippen LogP contribution in [0.2, 0.25) is 0 Å². The fourth-order valence-corrected chi connectivity index (χ4v) is 1.60. The summed E-state index contributed by atoms with van der Waals surface area (Å²) in [6, 6.07) is 4.33. The van der Waals surface area contributed by atoms with E-state index < -0.39 is 6.10 Å². The fraction of sp³-hybridized carbons (Fsp3) is 0.462. The number of halogens is 1. The zero-order valence-electron chi connectivity index (χ0n) is 9.66. The van der Waals surface area contributed by atoms with Crippen molar-refractivity contribution in [2.24, 2.45) is 0 Å². The number of ketones is 1. The van der Waals surface area contributed by atoms with Crippen LogP contribution in [0.3, 0.4) is 0 Å². The summed E-state index contributed by atoms with van der Waals surface area (Å²) in [4.78, 5) is 11.6. The molecular weight excluding hydrogens is 207 g/mol. The third-order valence-corrected chi connectivity index (χ3v) is 2.60. The van der Waals surface area contributed by atoms with Crippen molar-refractivity contribution in [3.63, 3.8) is 0 Å². The van der Waals surface area contributed by atoms with Crippen LogP contribution in [0.25, 0.3) is 0 Å². The van der Waals surface area contributed by atoms with Gasteiger partial charge in [-0.2, -0.15) is 0 Å². The summed E-state index contributed by atoms with van der Waals surface area (Å²) in [5.74, 6) is -0.501. The lowest BCUT2D eigenvalue weighted by atomic mass is 9.99.